The predicted octanol–water partition coefficient (Wildman–Crippen LogP) is 5.99. The van der Waals surface area contributed by atoms with Crippen molar-refractivity contribution in [2.75, 3.05) is 12.0 Å². The molecule has 33 heavy (non-hydrogen) atoms. The number of aliphatic hydroxyl groups is 1. The zero-order valence-electron chi connectivity index (χ0n) is 17.5. The van der Waals surface area contributed by atoms with Gasteiger partial charge in [0.05, 0.1) is 28.8 Å². The average Bonchev–Trinajstić information content (AvgIpc) is 3.06. The van der Waals surface area contributed by atoms with Crippen molar-refractivity contribution >= 4 is 57.9 Å². The molecule has 1 aromatic heterocycles. The molecule has 1 atom stereocenters. The molecule has 1 fully saturated rings. The number of Topliss-reactive ketones (excluding diaryl/α,β-unsaturated/α-hetero) is 1. The number of pyridine rings is 1. The fraction of sp³-hybridized carbons (Fsp3) is 0.125. The van der Waals surface area contributed by atoms with Crippen LogP contribution in [0.15, 0.2) is 60.4 Å². The molecule has 3 aromatic rings. The summed E-state index contributed by atoms with van der Waals surface area (Å²) in [5.41, 5.74) is 1.83. The molecule has 1 N–H and O–H groups in total. The molecule has 0 bridgehead atoms. The second kappa shape index (κ2) is 9.06. The maximum Gasteiger partial charge on any atom is 0.300 e. The van der Waals surface area contributed by atoms with Crippen LogP contribution in [-0.4, -0.2) is 28.9 Å². The monoisotopic (exact) mass is 502 g/mol. The summed E-state index contributed by atoms with van der Waals surface area (Å²) >= 11 is 18.7. The fourth-order valence-electron chi connectivity index (χ4n) is 3.83. The molecule has 1 aliphatic rings. The smallest absolute Gasteiger partial charge is 0.300 e. The summed E-state index contributed by atoms with van der Waals surface area (Å²) in [5, 5.41) is 11.9. The Hall–Kier alpha value is -3.06. The van der Waals surface area contributed by atoms with E-state index in [1.54, 1.807) is 49.6 Å². The summed E-state index contributed by atoms with van der Waals surface area (Å²) in [5.74, 6) is -1.83. The lowest BCUT2D eigenvalue weighted by atomic mass is 9.95. The van der Waals surface area contributed by atoms with Gasteiger partial charge in [0, 0.05) is 28.7 Å². The highest BCUT2D eigenvalue weighted by molar-refractivity contribution is 6.52. The van der Waals surface area contributed by atoms with E-state index in [0.717, 1.165) is 5.56 Å². The Balaban J connectivity index is 1.98. The van der Waals surface area contributed by atoms with Gasteiger partial charge in [0.1, 0.15) is 5.76 Å². The van der Waals surface area contributed by atoms with Crippen LogP contribution in [0.1, 0.15) is 22.7 Å². The lowest BCUT2D eigenvalue weighted by molar-refractivity contribution is -0.132. The predicted molar refractivity (Wildman–Crippen MR) is 128 cm³/mol. The van der Waals surface area contributed by atoms with Crippen molar-refractivity contribution < 1.29 is 19.4 Å². The molecule has 1 aliphatic heterocycles. The number of halogens is 3. The number of ketones is 1. The quantitative estimate of drug-likeness (QED) is 0.269. The van der Waals surface area contributed by atoms with Crippen molar-refractivity contribution in [3.63, 3.8) is 0 Å². The lowest BCUT2D eigenvalue weighted by Crippen LogP contribution is -2.30. The maximum absolute atomic E-state index is 13.2. The van der Waals surface area contributed by atoms with Gasteiger partial charge >= 0.3 is 0 Å². The number of nitrogens with zero attached hydrogens (tertiary/aromatic N) is 2. The number of anilines is 1. The van der Waals surface area contributed by atoms with Gasteiger partial charge < -0.3 is 9.84 Å². The third-order valence-corrected chi connectivity index (χ3v) is 6.17. The van der Waals surface area contributed by atoms with Crippen molar-refractivity contribution in [1.29, 1.82) is 0 Å². The molecule has 2 heterocycles. The minimum atomic E-state index is -0.926. The first-order valence-corrected chi connectivity index (χ1v) is 10.9. The van der Waals surface area contributed by atoms with Crippen LogP contribution in [0.3, 0.4) is 0 Å². The highest BCUT2D eigenvalue weighted by Gasteiger charge is 2.47. The summed E-state index contributed by atoms with van der Waals surface area (Å²) in [6.45, 7) is 1.80. The first-order chi connectivity index (χ1) is 15.7. The fourth-order valence-corrected chi connectivity index (χ4v) is 4.64. The number of aryl methyl sites for hydroxylation is 1. The number of amides is 1. The minimum absolute atomic E-state index is 0.108. The van der Waals surface area contributed by atoms with Crippen LogP contribution >= 0.6 is 34.8 Å². The SMILES string of the molecule is COc1c(Cl)cc(/C(O)=C2\C(=O)C(=O)N(c3cc(Cl)ccc3C)C2c2ccncc2)cc1Cl. The van der Waals surface area contributed by atoms with Crippen LogP contribution in [0.2, 0.25) is 15.1 Å². The van der Waals surface area contributed by atoms with E-state index >= 15 is 0 Å². The van der Waals surface area contributed by atoms with Crippen LogP contribution in [0, 0.1) is 6.92 Å². The van der Waals surface area contributed by atoms with Crippen LogP contribution in [0.4, 0.5) is 5.69 Å². The summed E-state index contributed by atoms with van der Waals surface area (Å²) in [6, 6.07) is 10.3. The molecule has 1 amide bonds. The zero-order valence-corrected chi connectivity index (χ0v) is 19.7. The Morgan fingerprint density at radius 3 is 2.27 bits per heavy atom. The van der Waals surface area contributed by atoms with Gasteiger partial charge in [-0.3, -0.25) is 19.5 Å². The molecule has 1 saturated heterocycles. The Morgan fingerprint density at radius 2 is 1.67 bits per heavy atom. The highest BCUT2D eigenvalue weighted by atomic mass is 35.5. The average molecular weight is 504 g/mol. The van der Waals surface area contributed by atoms with Crippen LogP contribution in [-0.2, 0) is 9.59 Å². The largest absolute Gasteiger partial charge is 0.507 e. The zero-order chi connectivity index (χ0) is 23.9. The summed E-state index contributed by atoms with van der Waals surface area (Å²) < 4.78 is 5.15. The second-order valence-corrected chi connectivity index (χ2v) is 8.60. The van der Waals surface area contributed by atoms with Crippen LogP contribution in [0.5, 0.6) is 5.75 Å². The maximum atomic E-state index is 13.2. The van der Waals surface area contributed by atoms with E-state index in [1.807, 2.05) is 0 Å². The third kappa shape index (κ3) is 4.06. The van der Waals surface area contributed by atoms with Gasteiger partial charge in [0.25, 0.3) is 11.7 Å². The molecule has 0 spiro atoms. The van der Waals surface area contributed by atoms with E-state index in [2.05, 4.69) is 4.98 Å². The van der Waals surface area contributed by atoms with Gasteiger partial charge in [-0.15, -0.1) is 0 Å². The lowest BCUT2D eigenvalue weighted by Gasteiger charge is -2.27. The number of hydrogen-bond donors (Lipinski definition) is 1. The van der Waals surface area contributed by atoms with Crippen molar-refractivity contribution in [3.8, 4) is 5.75 Å². The van der Waals surface area contributed by atoms with Crippen LogP contribution < -0.4 is 9.64 Å². The minimum Gasteiger partial charge on any atom is -0.507 e. The van der Waals surface area contributed by atoms with Crippen molar-refractivity contribution in [3.05, 3.63) is 92.2 Å². The highest BCUT2D eigenvalue weighted by Crippen LogP contribution is 2.44. The van der Waals surface area contributed by atoms with Gasteiger partial charge in [0.2, 0.25) is 0 Å². The van der Waals surface area contributed by atoms with Gasteiger partial charge in [-0.05, 0) is 54.4 Å². The van der Waals surface area contributed by atoms with Gasteiger partial charge in [-0.1, -0.05) is 40.9 Å². The Labute approximate surface area is 205 Å². The number of carbonyl (C=O) groups is 2. The normalized spacial score (nSPS) is 17.5. The first kappa shape index (κ1) is 23.1. The molecule has 2 aromatic carbocycles. The van der Waals surface area contributed by atoms with Gasteiger partial charge in [0.15, 0.2) is 5.75 Å². The molecule has 0 saturated carbocycles. The molecule has 0 aliphatic carbocycles. The number of aromatic nitrogens is 1. The van der Waals surface area contributed by atoms with E-state index in [-0.39, 0.29) is 26.9 Å². The van der Waals surface area contributed by atoms with Crippen molar-refractivity contribution in [1.82, 2.24) is 4.98 Å². The van der Waals surface area contributed by atoms with Gasteiger partial charge in [-0.25, -0.2) is 0 Å². The number of aliphatic hydroxyl groups excluding tert-OH is 1. The van der Waals surface area contributed by atoms with E-state index < -0.39 is 23.5 Å². The number of ether oxygens (including phenoxy) is 1. The molecule has 0 radical (unpaired) electrons. The van der Waals surface area contributed by atoms with E-state index in [4.69, 9.17) is 39.5 Å². The summed E-state index contributed by atoms with van der Waals surface area (Å²) in [6.07, 6.45) is 3.09. The second-order valence-electron chi connectivity index (χ2n) is 7.35. The molecule has 6 nitrogen and oxygen atoms in total. The van der Waals surface area contributed by atoms with E-state index in [1.165, 1.54) is 24.1 Å². The van der Waals surface area contributed by atoms with Crippen molar-refractivity contribution in [2.24, 2.45) is 0 Å². The molecule has 168 valence electrons. The molecular formula is C24H17Cl3N2O4. The number of benzene rings is 2. The van der Waals surface area contributed by atoms with Crippen molar-refractivity contribution in [2.45, 2.75) is 13.0 Å². The Kier molecular flexibility index (Phi) is 6.34. The number of hydrogen-bond acceptors (Lipinski definition) is 5. The molecule has 1 unspecified atom stereocenters. The number of methoxy groups -OCH3 is 1. The third-order valence-electron chi connectivity index (χ3n) is 5.37. The van der Waals surface area contributed by atoms with Crippen LogP contribution in [0.25, 0.3) is 5.76 Å². The van der Waals surface area contributed by atoms with Gasteiger partial charge in [-0.2, -0.15) is 0 Å². The van der Waals surface area contributed by atoms with E-state index in [9.17, 15) is 14.7 Å². The topological polar surface area (TPSA) is 79.7 Å². The van der Waals surface area contributed by atoms with E-state index in [0.29, 0.717) is 16.3 Å². The number of rotatable bonds is 4. The summed E-state index contributed by atoms with van der Waals surface area (Å²) in [4.78, 5) is 31.8. The first-order valence-electron chi connectivity index (χ1n) is 9.75. The molecule has 9 heteroatoms. The summed E-state index contributed by atoms with van der Waals surface area (Å²) in [7, 11) is 1.41. The Morgan fingerprint density at radius 1 is 1.03 bits per heavy atom. The standard InChI is InChI=1S/C24H17Cl3N2O4/c1-12-3-4-15(25)11-18(12)29-20(13-5-7-28-8-6-13)19(22(31)24(29)32)21(30)14-9-16(26)23(33-2)17(27)10-14/h3-11,20,30H,1-2H3/b21-19+. The molecule has 4 rings (SSSR count). The Bertz CT molecular complexity index is 1290. The molecular weight excluding hydrogens is 487 g/mol. The number of carbonyl (C=O) groups excluding carboxylic acids is 2.